The van der Waals surface area contributed by atoms with Crippen molar-refractivity contribution in [3.05, 3.63) is 78.9 Å². The molecule has 2 heterocycles. The van der Waals surface area contributed by atoms with Crippen LogP contribution < -0.4 is 19.5 Å². The summed E-state index contributed by atoms with van der Waals surface area (Å²) in [5.74, 6) is -2.50. The summed E-state index contributed by atoms with van der Waals surface area (Å²) < 4.78 is 40.1. The van der Waals surface area contributed by atoms with Gasteiger partial charge in [-0.15, -0.1) is 0 Å². The van der Waals surface area contributed by atoms with E-state index in [1.807, 2.05) is 42.5 Å². The summed E-state index contributed by atoms with van der Waals surface area (Å²) in [6.07, 6.45) is 6.26. The van der Waals surface area contributed by atoms with E-state index in [-0.39, 0.29) is 35.9 Å². The first-order chi connectivity index (χ1) is 23.1. The molecule has 0 radical (unpaired) electrons. The van der Waals surface area contributed by atoms with Gasteiger partial charge < -0.3 is 19.7 Å². The first-order valence-corrected chi connectivity index (χ1v) is 17.6. The minimum Gasteiger partial charge on any atom is -0.481 e. The van der Waals surface area contributed by atoms with E-state index in [1.165, 1.54) is 19.2 Å². The smallest absolute Gasteiger partial charge is 0.264 e. The molecule has 2 aromatic carbocycles. The molecule has 3 aliphatic rings. The van der Waals surface area contributed by atoms with Crippen LogP contribution in [0.25, 0.3) is 11.4 Å². The molecule has 13 heteroatoms. The highest BCUT2D eigenvalue weighted by atomic mass is 32.2. The number of fused-ring (bicyclic) bond motifs is 2. The van der Waals surface area contributed by atoms with Gasteiger partial charge in [0, 0.05) is 25.1 Å². The fraction of sp³-hybridized carbons (Fsp3) is 0.400. The monoisotopic (exact) mass is 673 g/mol. The van der Waals surface area contributed by atoms with E-state index in [0.29, 0.717) is 18.2 Å². The maximum Gasteiger partial charge on any atom is 0.264 e. The van der Waals surface area contributed by atoms with Gasteiger partial charge in [-0.25, -0.2) is 13.1 Å². The van der Waals surface area contributed by atoms with Gasteiger partial charge in [0.05, 0.1) is 29.9 Å². The van der Waals surface area contributed by atoms with Crippen LogP contribution in [0.1, 0.15) is 38.5 Å². The maximum absolute atomic E-state index is 14.1. The standard InChI is InChI=1S/C35H39N5O7S/c1-40-18-12-4-3-9-15-24-22-35(24,34(43)39-48(44,45)26-16-10-6-11-17-26)38-32(41)27-19-25(20-28(27)33(40)42)47-30-21-29(46-2)36-31(37-30)23-13-7-5-8-14-23/h5-11,13-17,21,24-25,27-28H,3-4,12,18-20,22H2,1-2H3,(H,38,41)(H,39,43)/b15-9-/t24-,25-,27-,28-,35-/m1/s1. The van der Waals surface area contributed by atoms with Gasteiger partial charge in [-0.3, -0.25) is 14.4 Å². The van der Waals surface area contributed by atoms with Gasteiger partial charge >= 0.3 is 0 Å². The number of hydrogen-bond donors (Lipinski definition) is 2. The highest BCUT2D eigenvalue weighted by Gasteiger charge is 2.61. The number of sulfonamides is 1. The molecular weight excluding hydrogens is 634 g/mol. The number of benzene rings is 2. The highest BCUT2D eigenvalue weighted by Crippen LogP contribution is 2.47. The lowest BCUT2D eigenvalue weighted by molar-refractivity contribution is -0.140. The minimum atomic E-state index is -4.18. The van der Waals surface area contributed by atoms with E-state index < -0.39 is 51.2 Å². The molecule has 2 N–H and O–H groups in total. The number of rotatable bonds is 7. The third kappa shape index (κ3) is 7.05. The Morgan fingerprint density at radius 2 is 1.67 bits per heavy atom. The zero-order chi connectivity index (χ0) is 33.9. The van der Waals surface area contributed by atoms with Gasteiger partial charge in [0.25, 0.3) is 15.9 Å². The van der Waals surface area contributed by atoms with Crippen molar-refractivity contribution in [2.45, 2.75) is 55.1 Å². The molecule has 2 fully saturated rings. The van der Waals surface area contributed by atoms with E-state index in [9.17, 15) is 22.8 Å². The van der Waals surface area contributed by atoms with Crippen LogP contribution in [-0.4, -0.2) is 73.4 Å². The molecule has 12 nitrogen and oxygen atoms in total. The second kappa shape index (κ2) is 13.8. The molecule has 48 heavy (non-hydrogen) atoms. The lowest BCUT2D eigenvalue weighted by Crippen LogP contribution is -2.54. The molecule has 5 atom stereocenters. The molecule has 252 valence electrons. The Bertz CT molecular complexity index is 1800. The predicted molar refractivity (Wildman–Crippen MR) is 176 cm³/mol. The van der Waals surface area contributed by atoms with Gasteiger partial charge in [0.2, 0.25) is 23.6 Å². The molecule has 0 saturated heterocycles. The predicted octanol–water partition coefficient (Wildman–Crippen LogP) is 3.50. The number of methoxy groups -OCH3 is 1. The normalized spacial score (nSPS) is 26.7. The summed E-state index contributed by atoms with van der Waals surface area (Å²) >= 11 is 0. The van der Waals surface area contributed by atoms with Gasteiger partial charge in [0.1, 0.15) is 11.6 Å². The summed E-state index contributed by atoms with van der Waals surface area (Å²) in [4.78, 5) is 52.2. The molecule has 0 spiro atoms. The topological polar surface area (TPSA) is 157 Å². The molecule has 2 aliphatic carbocycles. The summed E-state index contributed by atoms with van der Waals surface area (Å²) in [6, 6.07) is 18.5. The quantitative estimate of drug-likeness (QED) is 0.359. The second-order valence-corrected chi connectivity index (χ2v) is 14.2. The van der Waals surface area contributed by atoms with E-state index in [1.54, 1.807) is 36.2 Å². The Balaban J connectivity index is 1.26. The van der Waals surface area contributed by atoms with Gasteiger partial charge in [0.15, 0.2) is 5.82 Å². The molecule has 1 aliphatic heterocycles. The fourth-order valence-corrected chi connectivity index (χ4v) is 7.60. The average Bonchev–Trinajstić information content (AvgIpc) is 3.63. The number of carbonyl (C=O) groups excluding carboxylic acids is 3. The van der Waals surface area contributed by atoms with Gasteiger partial charge in [-0.1, -0.05) is 60.7 Å². The fourth-order valence-electron chi connectivity index (χ4n) is 6.54. The van der Waals surface area contributed by atoms with E-state index in [4.69, 9.17) is 9.47 Å². The van der Waals surface area contributed by atoms with Crippen LogP contribution in [0.5, 0.6) is 11.8 Å². The van der Waals surface area contributed by atoms with Crippen LogP contribution in [0.3, 0.4) is 0 Å². The third-order valence-corrected chi connectivity index (χ3v) is 10.6. The lowest BCUT2D eigenvalue weighted by atomic mass is 9.93. The maximum atomic E-state index is 14.1. The largest absolute Gasteiger partial charge is 0.481 e. The van der Waals surface area contributed by atoms with Crippen molar-refractivity contribution >= 4 is 27.7 Å². The van der Waals surface area contributed by atoms with Crippen LogP contribution in [0, 0.1) is 17.8 Å². The van der Waals surface area contributed by atoms with Crippen LogP contribution in [0.15, 0.2) is 83.8 Å². The minimum absolute atomic E-state index is 0.0593. The number of nitrogens with one attached hydrogen (secondary N) is 2. The number of allylic oxidation sites excluding steroid dienone is 1. The summed E-state index contributed by atoms with van der Waals surface area (Å²) in [5.41, 5.74) is -0.703. The van der Waals surface area contributed by atoms with Crippen LogP contribution in [0.4, 0.5) is 0 Å². The zero-order valence-corrected chi connectivity index (χ0v) is 27.7. The molecule has 1 aromatic heterocycles. The number of nitrogens with zero attached hydrogens (tertiary/aromatic N) is 3. The van der Waals surface area contributed by atoms with Crippen molar-refractivity contribution in [1.29, 1.82) is 0 Å². The molecule has 0 unspecified atom stereocenters. The van der Waals surface area contributed by atoms with Crippen LogP contribution in [-0.2, 0) is 24.4 Å². The molecular formula is C35H39N5O7S. The van der Waals surface area contributed by atoms with Crippen molar-refractivity contribution in [2.24, 2.45) is 17.8 Å². The first kappa shape index (κ1) is 33.1. The van der Waals surface area contributed by atoms with Crippen molar-refractivity contribution < 1.29 is 32.3 Å². The highest BCUT2D eigenvalue weighted by molar-refractivity contribution is 7.90. The van der Waals surface area contributed by atoms with E-state index >= 15 is 0 Å². The Morgan fingerprint density at radius 3 is 2.40 bits per heavy atom. The number of amides is 3. The molecule has 6 rings (SSSR count). The molecule has 0 bridgehead atoms. The Kier molecular flexibility index (Phi) is 9.49. The van der Waals surface area contributed by atoms with E-state index in [0.717, 1.165) is 24.8 Å². The van der Waals surface area contributed by atoms with Gasteiger partial charge in [-0.2, -0.15) is 9.97 Å². The average molecular weight is 674 g/mol. The number of ether oxygens (including phenoxy) is 2. The SMILES string of the molecule is COc1cc(O[C@@H]2C[C@H]3C(=O)N[C@]4(C(=O)NS(=O)(=O)c5ccccc5)C[C@H]4/C=C\CCCCN(C)C(=O)[C@@H]3C2)nc(-c2ccccc2)n1. The Morgan fingerprint density at radius 1 is 0.979 bits per heavy atom. The summed E-state index contributed by atoms with van der Waals surface area (Å²) in [6.45, 7) is 0.541. The first-order valence-electron chi connectivity index (χ1n) is 16.1. The van der Waals surface area contributed by atoms with Crippen molar-refractivity contribution in [3.8, 4) is 23.1 Å². The van der Waals surface area contributed by atoms with Crippen molar-refractivity contribution in [3.63, 3.8) is 0 Å². The molecule has 3 amide bonds. The molecule has 2 saturated carbocycles. The summed E-state index contributed by atoms with van der Waals surface area (Å²) in [5, 5.41) is 2.90. The Labute approximate surface area is 280 Å². The summed E-state index contributed by atoms with van der Waals surface area (Å²) in [7, 11) is -0.956. The zero-order valence-electron chi connectivity index (χ0n) is 26.9. The van der Waals surface area contributed by atoms with Crippen molar-refractivity contribution in [2.75, 3.05) is 20.7 Å². The van der Waals surface area contributed by atoms with E-state index in [2.05, 4.69) is 20.0 Å². The number of hydrogen-bond acceptors (Lipinski definition) is 9. The lowest BCUT2D eigenvalue weighted by Gasteiger charge is -2.26. The van der Waals surface area contributed by atoms with Crippen LogP contribution >= 0.6 is 0 Å². The van der Waals surface area contributed by atoms with Gasteiger partial charge in [-0.05, 0) is 50.7 Å². The Hall–Kier alpha value is -4.78. The van der Waals surface area contributed by atoms with Crippen LogP contribution in [0.2, 0.25) is 0 Å². The molecule has 3 aromatic rings. The van der Waals surface area contributed by atoms with Crippen molar-refractivity contribution in [1.82, 2.24) is 24.9 Å². The number of aromatic nitrogens is 2. The number of carbonyl (C=O) groups is 3. The third-order valence-electron chi connectivity index (χ3n) is 9.29. The second-order valence-electron chi connectivity index (χ2n) is 12.6.